The summed E-state index contributed by atoms with van der Waals surface area (Å²) in [4.78, 5) is 15.6. The maximum absolute atomic E-state index is 11.6. The van der Waals surface area contributed by atoms with Gasteiger partial charge in [-0.1, -0.05) is 12.1 Å². The molecular weight excluding hydrogens is 332 g/mol. The molecule has 26 heavy (non-hydrogen) atoms. The van der Waals surface area contributed by atoms with E-state index in [2.05, 4.69) is 17.0 Å². The van der Waals surface area contributed by atoms with E-state index in [-0.39, 0.29) is 24.7 Å². The first-order valence-electron chi connectivity index (χ1n) is 9.37. The highest BCUT2D eigenvalue weighted by Gasteiger charge is 2.39. The lowest BCUT2D eigenvalue weighted by Gasteiger charge is -2.36. The van der Waals surface area contributed by atoms with E-state index in [0.717, 1.165) is 38.1 Å². The van der Waals surface area contributed by atoms with Crippen LogP contribution in [0.5, 0.6) is 5.75 Å². The fourth-order valence-corrected chi connectivity index (χ4v) is 3.78. The lowest BCUT2D eigenvalue weighted by molar-refractivity contribution is -0.138. The molecule has 1 aromatic carbocycles. The third kappa shape index (κ3) is 4.75. The summed E-state index contributed by atoms with van der Waals surface area (Å²) in [5, 5.41) is 0. The van der Waals surface area contributed by atoms with Gasteiger partial charge in [0.15, 0.2) is 0 Å². The minimum atomic E-state index is -0.00906. The molecule has 2 fully saturated rings. The molecule has 0 aliphatic carbocycles. The normalized spacial score (nSPS) is 25.7. The van der Waals surface area contributed by atoms with E-state index in [4.69, 9.17) is 14.2 Å². The van der Waals surface area contributed by atoms with E-state index in [0.29, 0.717) is 12.6 Å². The number of likely N-dealkylation sites (N-methyl/N-ethyl adjacent to an activating group) is 1. The first kappa shape index (κ1) is 19.1. The van der Waals surface area contributed by atoms with Crippen molar-refractivity contribution in [2.24, 2.45) is 0 Å². The maximum atomic E-state index is 11.6. The Morgan fingerprint density at radius 2 is 2.00 bits per heavy atom. The van der Waals surface area contributed by atoms with Crippen LogP contribution in [0.3, 0.4) is 0 Å². The van der Waals surface area contributed by atoms with Crippen molar-refractivity contribution in [3.05, 3.63) is 29.8 Å². The van der Waals surface area contributed by atoms with Gasteiger partial charge in [0.25, 0.3) is 0 Å². The van der Waals surface area contributed by atoms with Gasteiger partial charge in [-0.15, -0.1) is 0 Å². The fraction of sp³-hybridized carbons (Fsp3) is 0.650. The molecule has 3 atom stereocenters. The number of amides is 1. The molecule has 0 aromatic heterocycles. The van der Waals surface area contributed by atoms with Gasteiger partial charge < -0.3 is 19.1 Å². The van der Waals surface area contributed by atoms with Gasteiger partial charge in [-0.05, 0) is 37.0 Å². The Morgan fingerprint density at radius 3 is 2.69 bits per heavy atom. The molecule has 0 bridgehead atoms. The molecule has 2 aliphatic rings. The quantitative estimate of drug-likeness (QED) is 0.742. The zero-order chi connectivity index (χ0) is 18.5. The molecule has 0 N–H and O–H groups in total. The van der Waals surface area contributed by atoms with Gasteiger partial charge in [0.05, 0.1) is 25.9 Å². The molecule has 2 heterocycles. The Bertz CT molecular complexity index is 590. The van der Waals surface area contributed by atoms with Crippen molar-refractivity contribution >= 4 is 5.91 Å². The van der Waals surface area contributed by atoms with Crippen molar-refractivity contribution in [3.8, 4) is 5.75 Å². The highest BCUT2D eigenvalue weighted by Crippen LogP contribution is 2.32. The second-order valence-electron chi connectivity index (χ2n) is 7.35. The minimum absolute atomic E-state index is 0.00906. The molecule has 144 valence electrons. The van der Waals surface area contributed by atoms with Gasteiger partial charge in [0.2, 0.25) is 5.91 Å². The lowest BCUT2D eigenvalue weighted by atomic mass is 9.99. The molecule has 3 rings (SSSR count). The average molecular weight is 362 g/mol. The number of rotatable bonds is 7. The van der Waals surface area contributed by atoms with Crippen LogP contribution in [-0.2, 0) is 20.8 Å². The van der Waals surface area contributed by atoms with Gasteiger partial charge in [0.1, 0.15) is 12.4 Å². The Morgan fingerprint density at radius 1 is 1.23 bits per heavy atom. The molecule has 6 nitrogen and oxygen atoms in total. The number of likely N-dealkylation sites (tertiary alicyclic amines) is 1. The number of hydrogen-bond donors (Lipinski definition) is 0. The molecule has 0 radical (unpaired) electrons. The predicted octanol–water partition coefficient (Wildman–Crippen LogP) is 1.92. The number of ether oxygens (including phenoxy) is 3. The van der Waals surface area contributed by atoms with Gasteiger partial charge in [-0.3, -0.25) is 9.69 Å². The van der Waals surface area contributed by atoms with Gasteiger partial charge in [0, 0.05) is 33.2 Å². The molecule has 0 spiro atoms. The maximum Gasteiger partial charge on any atom is 0.248 e. The SMILES string of the molecule is COc1ccc(CN2CC[C@@H]3O[C@H](COCC(=O)N(C)C)CC[C@@H]32)cc1. The van der Waals surface area contributed by atoms with Gasteiger partial charge in [-0.25, -0.2) is 0 Å². The molecule has 0 unspecified atom stereocenters. The van der Waals surface area contributed by atoms with Crippen molar-refractivity contribution in [3.63, 3.8) is 0 Å². The second-order valence-corrected chi connectivity index (χ2v) is 7.35. The second kappa shape index (κ2) is 8.84. The van der Waals surface area contributed by atoms with Gasteiger partial charge >= 0.3 is 0 Å². The third-order valence-corrected chi connectivity index (χ3v) is 5.32. The van der Waals surface area contributed by atoms with Crippen LogP contribution in [0.1, 0.15) is 24.8 Å². The molecule has 1 amide bonds. The number of carbonyl (C=O) groups is 1. The molecule has 1 aromatic rings. The Labute approximate surface area is 156 Å². The van der Waals surface area contributed by atoms with E-state index in [1.807, 2.05) is 12.1 Å². The Balaban J connectivity index is 1.45. The van der Waals surface area contributed by atoms with E-state index >= 15 is 0 Å². The molecule has 6 heteroatoms. The average Bonchev–Trinajstić information content (AvgIpc) is 3.04. The molecular formula is C20H30N2O4. The molecule has 0 saturated carbocycles. The van der Waals surface area contributed by atoms with Crippen molar-refractivity contribution in [2.45, 2.75) is 44.1 Å². The summed E-state index contributed by atoms with van der Waals surface area (Å²) in [6.07, 6.45) is 3.55. The lowest BCUT2D eigenvalue weighted by Crippen LogP contribution is -2.43. The van der Waals surface area contributed by atoms with Crippen LogP contribution in [-0.4, -0.2) is 74.9 Å². The number of nitrogens with zero attached hydrogens (tertiary/aromatic N) is 2. The summed E-state index contributed by atoms with van der Waals surface area (Å²) in [5.41, 5.74) is 1.30. The number of methoxy groups -OCH3 is 1. The Kier molecular flexibility index (Phi) is 6.51. The van der Waals surface area contributed by atoms with Gasteiger partial charge in [-0.2, -0.15) is 0 Å². The monoisotopic (exact) mass is 362 g/mol. The van der Waals surface area contributed by atoms with Crippen LogP contribution in [0.2, 0.25) is 0 Å². The number of carbonyl (C=O) groups excluding carboxylic acids is 1. The summed E-state index contributed by atoms with van der Waals surface area (Å²) < 4.78 is 17.0. The zero-order valence-corrected chi connectivity index (χ0v) is 16.0. The highest BCUT2D eigenvalue weighted by molar-refractivity contribution is 5.76. The van der Waals surface area contributed by atoms with Crippen molar-refractivity contribution < 1.29 is 19.0 Å². The topological polar surface area (TPSA) is 51.2 Å². The van der Waals surface area contributed by atoms with E-state index in [1.54, 1.807) is 26.1 Å². The van der Waals surface area contributed by atoms with Crippen LogP contribution in [0.4, 0.5) is 0 Å². The van der Waals surface area contributed by atoms with Crippen LogP contribution in [0.15, 0.2) is 24.3 Å². The summed E-state index contributed by atoms with van der Waals surface area (Å²) in [5.74, 6) is 0.884. The van der Waals surface area contributed by atoms with Crippen LogP contribution >= 0.6 is 0 Å². The first-order chi connectivity index (χ1) is 12.6. The number of fused-ring (bicyclic) bond motifs is 1. The van der Waals surface area contributed by atoms with E-state index in [9.17, 15) is 4.79 Å². The summed E-state index contributed by atoms with van der Waals surface area (Å²) in [6.45, 7) is 2.65. The summed E-state index contributed by atoms with van der Waals surface area (Å²) in [7, 11) is 5.17. The first-order valence-corrected chi connectivity index (χ1v) is 9.37. The van der Waals surface area contributed by atoms with E-state index in [1.165, 1.54) is 5.56 Å². The van der Waals surface area contributed by atoms with E-state index < -0.39 is 0 Å². The minimum Gasteiger partial charge on any atom is -0.497 e. The summed E-state index contributed by atoms with van der Waals surface area (Å²) in [6, 6.07) is 8.78. The fourth-order valence-electron chi connectivity index (χ4n) is 3.78. The molecule has 2 aliphatic heterocycles. The predicted molar refractivity (Wildman–Crippen MR) is 99.2 cm³/mol. The standard InChI is InChI=1S/C20H30N2O4/c1-21(2)20(23)14-25-13-17-8-9-18-19(26-17)10-11-22(18)12-15-4-6-16(24-3)7-5-15/h4-7,17-19H,8-14H2,1-3H3/t17-,18-,19-/m0/s1. The van der Waals surface area contributed by atoms with Crippen molar-refractivity contribution in [1.29, 1.82) is 0 Å². The third-order valence-electron chi connectivity index (χ3n) is 5.32. The number of benzene rings is 1. The van der Waals surface area contributed by atoms with Crippen LogP contribution < -0.4 is 4.74 Å². The smallest absolute Gasteiger partial charge is 0.248 e. The zero-order valence-electron chi connectivity index (χ0n) is 16.0. The van der Waals surface area contributed by atoms with Crippen molar-refractivity contribution in [2.75, 3.05) is 41.0 Å². The van der Waals surface area contributed by atoms with Crippen molar-refractivity contribution in [1.82, 2.24) is 9.80 Å². The highest BCUT2D eigenvalue weighted by atomic mass is 16.5. The molecule has 2 saturated heterocycles. The van der Waals surface area contributed by atoms with Crippen LogP contribution in [0.25, 0.3) is 0 Å². The van der Waals surface area contributed by atoms with Crippen LogP contribution in [0, 0.1) is 0 Å². The largest absolute Gasteiger partial charge is 0.497 e. The summed E-state index contributed by atoms with van der Waals surface area (Å²) >= 11 is 0. The number of hydrogen-bond acceptors (Lipinski definition) is 5. The Hall–Kier alpha value is -1.63.